The number of carbonyl (C=O) groups is 1. The average molecular weight is 479 g/mol. The average Bonchev–Trinajstić information content (AvgIpc) is 3.48. The minimum atomic E-state index is -0.0236. The van der Waals surface area contributed by atoms with Gasteiger partial charge in [-0.3, -0.25) is 9.78 Å². The summed E-state index contributed by atoms with van der Waals surface area (Å²) in [4.78, 5) is 19.5. The first-order valence-corrected chi connectivity index (χ1v) is 12.4. The van der Waals surface area contributed by atoms with E-state index >= 15 is 0 Å². The molecule has 1 unspecified atom stereocenters. The maximum atomic E-state index is 13.6. The van der Waals surface area contributed by atoms with Crippen LogP contribution in [0.4, 0.5) is 0 Å². The van der Waals surface area contributed by atoms with Gasteiger partial charge in [0, 0.05) is 43.4 Å². The third-order valence-electron chi connectivity index (χ3n) is 6.45. The Hall–Kier alpha value is -4.19. The van der Waals surface area contributed by atoms with Crippen LogP contribution in [0.15, 0.2) is 104 Å². The lowest BCUT2D eigenvalue weighted by molar-refractivity contribution is 0.0730. The fraction of sp³-hybridized carbons (Fsp3) is 0.233. The van der Waals surface area contributed by atoms with Gasteiger partial charge >= 0.3 is 0 Å². The Labute approximate surface area is 211 Å². The first kappa shape index (κ1) is 23.5. The molecule has 1 amide bonds. The van der Waals surface area contributed by atoms with Gasteiger partial charge in [0.05, 0.1) is 12.3 Å². The number of pyridine rings is 1. The van der Waals surface area contributed by atoms with Crippen molar-refractivity contribution in [2.75, 3.05) is 6.61 Å². The maximum Gasteiger partial charge on any atom is 0.254 e. The Balaban J connectivity index is 1.28. The lowest BCUT2D eigenvalue weighted by Gasteiger charge is -2.23. The van der Waals surface area contributed by atoms with Gasteiger partial charge in [-0.2, -0.15) is 5.10 Å². The molecule has 36 heavy (non-hydrogen) atoms. The van der Waals surface area contributed by atoms with E-state index < -0.39 is 0 Å². The Bertz CT molecular complexity index is 1270. The van der Waals surface area contributed by atoms with E-state index in [1.807, 2.05) is 77.8 Å². The van der Waals surface area contributed by atoms with Crippen LogP contribution in [-0.4, -0.2) is 32.2 Å². The third kappa shape index (κ3) is 6.08. The topological polar surface area (TPSA) is 60.2 Å². The molecule has 4 aromatic rings. The number of aromatic nitrogens is 3. The predicted molar refractivity (Wildman–Crippen MR) is 140 cm³/mol. The smallest absolute Gasteiger partial charge is 0.254 e. The van der Waals surface area contributed by atoms with E-state index in [-0.39, 0.29) is 5.91 Å². The molecule has 1 atom stereocenters. The van der Waals surface area contributed by atoms with Gasteiger partial charge in [0.25, 0.3) is 5.91 Å². The minimum absolute atomic E-state index is 0.0236. The predicted octanol–water partition coefficient (Wildman–Crippen LogP) is 5.85. The molecule has 1 aliphatic rings. The van der Waals surface area contributed by atoms with Crippen molar-refractivity contribution in [1.82, 2.24) is 19.7 Å². The Morgan fingerprint density at radius 1 is 0.917 bits per heavy atom. The largest absolute Gasteiger partial charge is 0.493 e. The summed E-state index contributed by atoms with van der Waals surface area (Å²) in [5.41, 5.74) is 3.64. The second-order valence-corrected chi connectivity index (χ2v) is 9.12. The summed E-state index contributed by atoms with van der Waals surface area (Å²) in [5, 5.41) is 4.26. The summed E-state index contributed by atoms with van der Waals surface area (Å²) in [7, 11) is 0. The molecule has 2 aromatic carbocycles. The molecule has 0 saturated heterocycles. The molecule has 1 aliphatic carbocycles. The van der Waals surface area contributed by atoms with E-state index in [1.165, 1.54) is 6.42 Å². The van der Waals surface area contributed by atoms with Crippen LogP contribution in [0.3, 0.4) is 0 Å². The monoisotopic (exact) mass is 478 g/mol. The van der Waals surface area contributed by atoms with E-state index in [0.717, 1.165) is 42.0 Å². The Morgan fingerprint density at radius 2 is 1.67 bits per heavy atom. The van der Waals surface area contributed by atoms with Gasteiger partial charge in [0.15, 0.2) is 0 Å². The lowest BCUT2D eigenvalue weighted by atomic mass is 9.95. The van der Waals surface area contributed by atoms with Crippen LogP contribution in [0.25, 0.3) is 5.69 Å². The van der Waals surface area contributed by atoms with Gasteiger partial charge in [-0.25, -0.2) is 4.68 Å². The fourth-order valence-corrected chi connectivity index (χ4v) is 4.40. The molecule has 5 rings (SSSR count). The van der Waals surface area contributed by atoms with Crippen molar-refractivity contribution in [3.05, 3.63) is 120 Å². The molecule has 2 heterocycles. The first-order valence-electron chi connectivity index (χ1n) is 12.4. The molecule has 0 bridgehead atoms. The molecule has 0 fully saturated rings. The maximum absolute atomic E-state index is 13.6. The van der Waals surface area contributed by atoms with Crippen molar-refractivity contribution in [1.29, 1.82) is 0 Å². The van der Waals surface area contributed by atoms with Crippen LogP contribution >= 0.6 is 0 Å². The van der Waals surface area contributed by atoms with Crippen molar-refractivity contribution in [2.45, 2.75) is 32.4 Å². The number of hydrogen-bond donors (Lipinski definition) is 0. The minimum Gasteiger partial charge on any atom is -0.493 e. The van der Waals surface area contributed by atoms with Crippen LogP contribution in [0.5, 0.6) is 5.75 Å². The molecule has 0 aliphatic heterocycles. The zero-order valence-electron chi connectivity index (χ0n) is 20.2. The highest BCUT2D eigenvalue weighted by Gasteiger charge is 2.17. The number of hydrogen-bond acceptors (Lipinski definition) is 4. The van der Waals surface area contributed by atoms with E-state index in [0.29, 0.717) is 24.6 Å². The normalized spacial score (nSPS) is 14.9. The van der Waals surface area contributed by atoms with Crippen molar-refractivity contribution in [3.63, 3.8) is 0 Å². The van der Waals surface area contributed by atoms with Crippen molar-refractivity contribution in [2.24, 2.45) is 5.92 Å². The lowest BCUT2D eigenvalue weighted by Crippen LogP contribution is -2.30. The molecule has 0 N–H and O–H groups in total. The summed E-state index contributed by atoms with van der Waals surface area (Å²) in [6.45, 7) is 1.73. The number of carbonyl (C=O) groups excluding carboxylic acids is 1. The van der Waals surface area contributed by atoms with Crippen molar-refractivity contribution in [3.8, 4) is 11.4 Å². The molecule has 0 spiro atoms. The second kappa shape index (κ2) is 11.5. The van der Waals surface area contributed by atoms with Gasteiger partial charge < -0.3 is 9.64 Å². The quantitative estimate of drug-likeness (QED) is 0.283. The number of amides is 1. The second-order valence-electron chi connectivity index (χ2n) is 9.12. The number of rotatable bonds is 9. The van der Waals surface area contributed by atoms with Gasteiger partial charge in [0.1, 0.15) is 5.75 Å². The highest BCUT2D eigenvalue weighted by atomic mass is 16.5. The van der Waals surface area contributed by atoms with Crippen LogP contribution in [0, 0.1) is 5.92 Å². The summed E-state index contributed by atoms with van der Waals surface area (Å²) < 4.78 is 7.81. The third-order valence-corrected chi connectivity index (χ3v) is 6.45. The highest BCUT2D eigenvalue weighted by molar-refractivity contribution is 5.94. The Morgan fingerprint density at radius 3 is 2.33 bits per heavy atom. The molecular weight excluding hydrogens is 448 g/mol. The zero-order valence-corrected chi connectivity index (χ0v) is 20.2. The number of allylic oxidation sites excluding steroid dienone is 2. The van der Waals surface area contributed by atoms with Crippen LogP contribution in [0.2, 0.25) is 0 Å². The van der Waals surface area contributed by atoms with Gasteiger partial charge in [-0.15, -0.1) is 0 Å². The molecule has 0 saturated carbocycles. The molecule has 6 nitrogen and oxygen atoms in total. The van der Waals surface area contributed by atoms with Crippen LogP contribution in [-0.2, 0) is 13.1 Å². The molecular formula is C30H30N4O2. The van der Waals surface area contributed by atoms with Gasteiger partial charge in [-0.1, -0.05) is 24.3 Å². The number of nitrogens with zero attached hydrogens (tertiary/aromatic N) is 4. The molecule has 0 radical (unpaired) electrons. The van der Waals surface area contributed by atoms with E-state index in [9.17, 15) is 4.79 Å². The zero-order chi connectivity index (χ0) is 24.6. The van der Waals surface area contributed by atoms with E-state index in [4.69, 9.17) is 4.74 Å². The van der Waals surface area contributed by atoms with Gasteiger partial charge in [0.2, 0.25) is 0 Å². The van der Waals surface area contributed by atoms with E-state index in [1.54, 1.807) is 23.3 Å². The van der Waals surface area contributed by atoms with Gasteiger partial charge in [-0.05, 0) is 90.9 Å². The highest BCUT2D eigenvalue weighted by Crippen LogP contribution is 2.22. The molecule has 182 valence electrons. The standard InChI is InChI=1S/C30H30N4O2/c35-30(27-9-11-28(12-10-27)34-20-4-17-32-34)33(22-25-15-18-31-19-16-25)21-24-7-13-29(14-8-24)36-23-26-5-2-1-3-6-26/h1-2,4,7-20,26H,3,5-6,21-23H2. The number of ether oxygens (including phenoxy) is 1. The number of benzene rings is 2. The fourth-order valence-electron chi connectivity index (χ4n) is 4.40. The first-order chi connectivity index (χ1) is 17.7. The van der Waals surface area contributed by atoms with Crippen molar-refractivity contribution >= 4 is 5.91 Å². The summed E-state index contributed by atoms with van der Waals surface area (Å²) in [6.07, 6.45) is 15.0. The van der Waals surface area contributed by atoms with E-state index in [2.05, 4.69) is 22.2 Å². The SMILES string of the molecule is O=C(c1ccc(-n2cccn2)cc1)N(Cc1ccncc1)Cc1ccc(OCC2CC=CCC2)cc1. The molecule has 6 heteroatoms. The summed E-state index contributed by atoms with van der Waals surface area (Å²) in [6, 6.07) is 21.4. The van der Waals surface area contributed by atoms with Crippen LogP contribution < -0.4 is 4.74 Å². The molecule has 2 aromatic heterocycles. The Kier molecular flexibility index (Phi) is 7.52. The van der Waals surface area contributed by atoms with Crippen molar-refractivity contribution < 1.29 is 9.53 Å². The van der Waals surface area contributed by atoms with Crippen LogP contribution in [0.1, 0.15) is 40.7 Å². The summed E-state index contributed by atoms with van der Waals surface area (Å²) >= 11 is 0. The summed E-state index contributed by atoms with van der Waals surface area (Å²) in [5.74, 6) is 1.43.